The average Bonchev–Trinajstić information content (AvgIpc) is 3.31. The second kappa shape index (κ2) is 11.3. The number of morpholine rings is 1. The number of ether oxygens (including phenoxy) is 1. The van der Waals surface area contributed by atoms with Gasteiger partial charge < -0.3 is 15.2 Å². The lowest BCUT2D eigenvalue weighted by molar-refractivity contribution is 0.0342. The van der Waals surface area contributed by atoms with Crippen molar-refractivity contribution in [1.29, 1.82) is 0 Å². The zero-order valence-corrected chi connectivity index (χ0v) is 21.6. The predicted octanol–water partition coefficient (Wildman–Crippen LogP) is 3.84. The monoisotopic (exact) mass is 519 g/mol. The zero-order chi connectivity index (χ0) is 25.8. The molecule has 2 amide bonds. The number of pyridine rings is 1. The summed E-state index contributed by atoms with van der Waals surface area (Å²) in [5.41, 5.74) is 5.31. The highest BCUT2D eigenvalue weighted by Crippen LogP contribution is 2.38. The molecule has 192 valence electrons. The number of amides is 2. The van der Waals surface area contributed by atoms with Crippen LogP contribution in [0.5, 0.6) is 0 Å². The Kier molecular flexibility index (Phi) is 7.65. The first-order chi connectivity index (χ1) is 18.0. The Morgan fingerprint density at radius 1 is 1.16 bits per heavy atom. The number of hydrogen-bond acceptors (Lipinski definition) is 9. The van der Waals surface area contributed by atoms with Crippen molar-refractivity contribution < 1.29 is 14.6 Å². The summed E-state index contributed by atoms with van der Waals surface area (Å²) in [5.74, 6) is 0.365. The van der Waals surface area contributed by atoms with E-state index in [-0.39, 0.29) is 6.03 Å². The van der Waals surface area contributed by atoms with Gasteiger partial charge >= 0.3 is 6.03 Å². The number of hydrogen-bond donors (Lipinski definition) is 3. The van der Waals surface area contributed by atoms with Gasteiger partial charge in [0.2, 0.25) is 0 Å². The second-order valence-corrected chi connectivity index (χ2v) is 9.82. The van der Waals surface area contributed by atoms with Gasteiger partial charge in [0.1, 0.15) is 6.10 Å². The fourth-order valence-corrected chi connectivity index (χ4v) is 5.15. The average molecular weight is 520 g/mol. The minimum Gasteiger partial charge on any atom is -0.385 e. The van der Waals surface area contributed by atoms with Gasteiger partial charge in [-0.2, -0.15) is 0 Å². The van der Waals surface area contributed by atoms with Crippen molar-refractivity contribution in [3.05, 3.63) is 54.2 Å². The molecule has 11 heteroatoms. The molecule has 1 aromatic carbocycles. The maximum absolute atomic E-state index is 12.1. The maximum atomic E-state index is 12.1. The summed E-state index contributed by atoms with van der Waals surface area (Å²) in [6.45, 7) is 8.15. The van der Waals surface area contributed by atoms with Crippen LogP contribution in [-0.2, 0) is 11.3 Å². The third kappa shape index (κ3) is 5.91. The van der Waals surface area contributed by atoms with E-state index in [1.165, 1.54) is 16.9 Å². The van der Waals surface area contributed by atoms with Gasteiger partial charge in [0.25, 0.3) is 0 Å². The van der Waals surface area contributed by atoms with Crippen LogP contribution < -0.4 is 10.6 Å². The number of anilines is 1. The highest BCUT2D eigenvalue weighted by atomic mass is 32.1. The lowest BCUT2D eigenvalue weighted by Gasteiger charge is -2.26. The summed E-state index contributed by atoms with van der Waals surface area (Å²) in [6, 6.07) is 7.86. The lowest BCUT2D eigenvalue weighted by Crippen LogP contribution is -2.35. The normalized spacial score (nSPS) is 15.0. The van der Waals surface area contributed by atoms with Crippen LogP contribution in [0.25, 0.3) is 32.6 Å². The number of carbonyl (C=O) groups is 1. The molecule has 0 aliphatic carbocycles. The van der Waals surface area contributed by atoms with E-state index in [0.717, 1.165) is 65.4 Å². The molecule has 1 aliphatic rings. The molecular weight excluding hydrogens is 490 g/mol. The molecule has 3 aromatic heterocycles. The van der Waals surface area contributed by atoms with Gasteiger partial charge in [-0.25, -0.2) is 19.7 Å². The Labute approximate surface area is 218 Å². The standard InChI is InChI=1S/C26H29N7O3S/c1-3-27-25(35)32-26-31-22-12-18(19-13-29-24(16(2)34)30-14-19)11-20(23(22)37-26)21-10-17(4-5-28-21)15-33-6-8-36-9-7-33/h4-5,10-14,16,34H,3,6-9,15H2,1-2H3,(H2,27,31,32,35). The Balaban J connectivity index is 1.56. The smallest absolute Gasteiger partial charge is 0.321 e. The van der Waals surface area contributed by atoms with Crippen LogP contribution in [-0.4, -0.2) is 68.8 Å². The maximum Gasteiger partial charge on any atom is 0.321 e. The molecule has 0 saturated carbocycles. The molecule has 4 aromatic rings. The van der Waals surface area contributed by atoms with Crippen LogP contribution >= 0.6 is 11.3 Å². The summed E-state index contributed by atoms with van der Waals surface area (Å²) in [6.07, 6.45) is 4.48. The van der Waals surface area contributed by atoms with Crippen molar-refractivity contribution in [3.8, 4) is 22.4 Å². The Morgan fingerprint density at radius 3 is 2.68 bits per heavy atom. The summed E-state index contributed by atoms with van der Waals surface area (Å²) in [5, 5.41) is 15.8. The molecule has 37 heavy (non-hydrogen) atoms. The van der Waals surface area contributed by atoms with Crippen LogP contribution in [0.4, 0.5) is 9.93 Å². The van der Waals surface area contributed by atoms with Gasteiger partial charge in [-0.1, -0.05) is 11.3 Å². The fraction of sp³-hybridized carbons (Fsp3) is 0.346. The Morgan fingerprint density at radius 2 is 1.95 bits per heavy atom. The molecule has 1 unspecified atom stereocenters. The van der Waals surface area contributed by atoms with E-state index < -0.39 is 6.10 Å². The molecule has 1 aliphatic heterocycles. The van der Waals surface area contributed by atoms with E-state index in [0.29, 0.717) is 17.5 Å². The number of nitrogens with one attached hydrogen (secondary N) is 2. The number of aliphatic hydroxyl groups excluding tert-OH is 1. The van der Waals surface area contributed by atoms with Gasteiger partial charge in [-0.05, 0) is 49.2 Å². The van der Waals surface area contributed by atoms with Gasteiger partial charge in [-0.15, -0.1) is 0 Å². The topological polar surface area (TPSA) is 125 Å². The van der Waals surface area contributed by atoms with Crippen LogP contribution in [0.3, 0.4) is 0 Å². The molecule has 1 atom stereocenters. The van der Waals surface area contributed by atoms with Crippen molar-refractivity contribution in [2.24, 2.45) is 0 Å². The number of thiazole rings is 1. The van der Waals surface area contributed by atoms with Crippen LogP contribution in [0.15, 0.2) is 42.9 Å². The summed E-state index contributed by atoms with van der Waals surface area (Å²) in [7, 11) is 0. The zero-order valence-electron chi connectivity index (χ0n) is 20.8. The van der Waals surface area contributed by atoms with E-state index in [4.69, 9.17) is 9.72 Å². The SMILES string of the molecule is CCNC(=O)Nc1nc2cc(-c3cnc(C(C)O)nc3)cc(-c3cc(CN4CCOCC4)ccn3)c2s1. The first-order valence-electron chi connectivity index (χ1n) is 12.3. The fourth-order valence-electron chi connectivity index (χ4n) is 4.19. The van der Waals surface area contributed by atoms with Gasteiger partial charge in [0.05, 0.1) is 29.1 Å². The number of carbonyl (C=O) groups excluding carboxylic acids is 1. The number of urea groups is 1. The van der Waals surface area contributed by atoms with E-state index in [1.54, 1.807) is 19.3 Å². The van der Waals surface area contributed by atoms with Gasteiger partial charge in [0, 0.05) is 55.9 Å². The first-order valence-corrected chi connectivity index (χ1v) is 13.1. The van der Waals surface area contributed by atoms with Crippen molar-refractivity contribution >= 4 is 32.7 Å². The largest absolute Gasteiger partial charge is 0.385 e. The molecule has 3 N–H and O–H groups in total. The second-order valence-electron chi connectivity index (χ2n) is 8.82. The molecule has 5 rings (SSSR count). The molecular formula is C26H29N7O3S. The highest BCUT2D eigenvalue weighted by molar-refractivity contribution is 7.22. The molecule has 0 spiro atoms. The van der Waals surface area contributed by atoms with Crippen LogP contribution in [0, 0.1) is 0 Å². The third-order valence-electron chi connectivity index (χ3n) is 6.04. The summed E-state index contributed by atoms with van der Waals surface area (Å²) < 4.78 is 6.41. The molecule has 10 nitrogen and oxygen atoms in total. The third-order valence-corrected chi connectivity index (χ3v) is 7.06. The van der Waals surface area contributed by atoms with Crippen LogP contribution in [0.1, 0.15) is 31.3 Å². The number of aliphatic hydroxyl groups is 1. The minimum atomic E-state index is -0.744. The summed E-state index contributed by atoms with van der Waals surface area (Å²) in [4.78, 5) is 32.5. The van der Waals surface area contributed by atoms with Crippen LogP contribution in [0.2, 0.25) is 0 Å². The van der Waals surface area contributed by atoms with E-state index in [9.17, 15) is 9.90 Å². The Hall–Kier alpha value is -3.51. The first kappa shape index (κ1) is 25.2. The van der Waals surface area contributed by atoms with Gasteiger partial charge in [-0.3, -0.25) is 15.2 Å². The molecule has 0 bridgehead atoms. The summed E-state index contributed by atoms with van der Waals surface area (Å²) >= 11 is 1.41. The highest BCUT2D eigenvalue weighted by Gasteiger charge is 2.17. The predicted molar refractivity (Wildman–Crippen MR) is 143 cm³/mol. The molecule has 4 heterocycles. The van der Waals surface area contributed by atoms with E-state index >= 15 is 0 Å². The Bertz CT molecular complexity index is 1380. The quantitative estimate of drug-likeness (QED) is 0.336. The van der Waals surface area contributed by atoms with Crippen molar-refractivity contribution in [2.45, 2.75) is 26.5 Å². The van der Waals surface area contributed by atoms with Crippen molar-refractivity contribution in [3.63, 3.8) is 0 Å². The van der Waals surface area contributed by atoms with E-state index in [1.807, 2.05) is 25.3 Å². The molecule has 1 fully saturated rings. The number of rotatable bonds is 7. The lowest BCUT2D eigenvalue weighted by atomic mass is 10.0. The molecule has 1 saturated heterocycles. The van der Waals surface area contributed by atoms with E-state index in [2.05, 4.69) is 42.6 Å². The number of nitrogens with zero attached hydrogens (tertiary/aromatic N) is 5. The number of aromatic nitrogens is 4. The minimum absolute atomic E-state index is 0.295. The van der Waals surface area contributed by atoms with Crippen molar-refractivity contribution in [1.82, 2.24) is 30.2 Å². The van der Waals surface area contributed by atoms with Crippen molar-refractivity contribution in [2.75, 3.05) is 38.2 Å². The van der Waals surface area contributed by atoms with Gasteiger partial charge in [0.15, 0.2) is 11.0 Å². The molecule has 0 radical (unpaired) electrons. The number of fused-ring (bicyclic) bond motifs is 1. The number of benzene rings is 1.